The average molecular weight is 278 g/mol. The van der Waals surface area contributed by atoms with Crippen LogP contribution in [-0.4, -0.2) is 12.5 Å². The number of carbonyl (C=O) groups is 1. The highest BCUT2D eigenvalue weighted by molar-refractivity contribution is 6.05. The Labute approximate surface area is 125 Å². The fraction of sp³-hybridized carbons (Fsp3) is 0.167. The number of carbonyl (C=O) groups excluding carboxylic acids is 1. The third kappa shape index (κ3) is 3.95. The van der Waals surface area contributed by atoms with E-state index in [-0.39, 0.29) is 5.91 Å². The maximum absolute atomic E-state index is 12.4. The van der Waals surface area contributed by atoms with Crippen LogP contribution >= 0.6 is 0 Å². The first-order chi connectivity index (χ1) is 10.2. The summed E-state index contributed by atoms with van der Waals surface area (Å²) in [5, 5.41) is 2.91. The molecule has 2 rings (SSSR count). The minimum absolute atomic E-state index is 0.101. The molecule has 0 aliphatic heterocycles. The maximum atomic E-state index is 12.4. The van der Waals surface area contributed by atoms with Crippen molar-refractivity contribution in [3.05, 3.63) is 65.2 Å². The molecule has 106 valence electrons. The molecule has 0 radical (unpaired) electrons. The SMILES string of the molecule is CCc1ccccc1C(=O)Nc1cccc(C#CCN)c1. The number of amides is 1. The summed E-state index contributed by atoms with van der Waals surface area (Å²) in [5.74, 6) is 5.65. The van der Waals surface area contributed by atoms with E-state index in [1.807, 2.05) is 55.5 Å². The van der Waals surface area contributed by atoms with Crippen LogP contribution in [0.5, 0.6) is 0 Å². The highest BCUT2D eigenvalue weighted by atomic mass is 16.1. The third-order valence-corrected chi connectivity index (χ3v) is 3.10. The van der Waals surface area contributed by atoms with Gasteiger partial charge in [0.15, 0.2) is 0 Å². The van der Waals surface area contributed by atoms with Gasteiger partial charge in [-0.15, -0.1) is 0 Å². The lowest BCUT2D eigenvalue weighted by atomic mass is 10.0. The van der Waals surface area contributed by atoms with Crippen LogP contribution in [0.2, 0.25) is 0 Å². The molecule has 21 heavy (non-hydrogen) atoms. The summed E-state index contributed by atoms with van der Waals surface area (Å²) in [7, 11) is 0. The van der Waals surface area contributed by atoms with Crippen molar-refractivity contribution in [2.45, 2.75) is 13.3 Å². The Morgan fingerprint density at radius 1 is 1.19 bits per heavy atom. The van der Waals surface area contributed by atoms with E-state index in [1.54, 1.807) is 0 Å². The lowest BCUT2D eigenvalue weighted by molar-refractivity contribution is 0.102. The van der Waals surface area contributed by atoms with Crippen molar-refractivity contribution in [3.63, 3.8) is 0 Å². The summed E-state index contributed by atoms with van der Waals surface area (Å²) >= 11 is 0. The summed E-state index contributed by atoms with van der Waals surface area (Å²) in [5.41, 5.74) is 8.67. The van der Waals surface area contributed by atoms with Gasteiger partial charge in [-0.25, -0.2) is 0 Å². The van der Waals surface area contributed by atoms with E-state index in [4.69, 9.17) is 5.73 Å². The first-order valence-electron chi connectivity index (χ1n) is 6.93. The van der Waals surface area contributed by atoms with Crippen molar-refractivity contribution < 1.29 is 4.79 Å². The summed E-state index contributed by atoms with van der Waals surface area (Å²) in [6.45, 7) is 2.36. The van der Waals surface area contributed by atoms with Gasteiger partial charge in [-0.05, 0) is 36.2 Å². The highest BCUT2D eigenvalue weighted by Gasteiger charge is 2.09. The van der Waals surface area contributed by atoms with Gasteiger partial charge in [0.1, 0.15) is 0 Å². The fourth-order valence-electron chi connectivity index (χ4n) is 2.08. The second-order valence-corrected chi connectivity index (χ2v) is 4.55. The Morgan fingerprint density at radius 3 is 2.76 bits per heavy atom. The van der Waals surface area contributed by atoms with Crippen LogP contribution in [0, 0.1) is 11.8 Å². The van der Waals surface area contributed by atoms with Crippen LogP contribution in [0.1, 0.15) is 28.4 Å². The second kappa shape index (κ2) is 7.28. The standard InChI is InChI=1S/C18H18N2O/c1-2-15-9-3-4-11-17(15)18(21)20-16-10-5-7-14(13-16)8-6-12-19/h3-5,7,9-11,13H,2,12,19H2,1H3,(H,20,21). The molecular weight excluding hydrogens is 260 g/mol. The van der Waals surface area contributed by atoms with E-state index in [0.29, 0.717) is 12.1 Å². The molecule has 1 amide bonds. The number of aryl methyl sites for hydroxylation is 1. The lowest BCUT2D eigenvalue weighted by Gasteiger charge is -2.09. The maximum Gasteiger partial charge on any atom is 0.255 e. The molecule has 3 N–H and O–H groups in total. The van der Waals surface area contributed by atoms with Gasteiger partial charge in [-0.1, -0.05) is 43.0 Å². The zero-order chi connectivity index (χ0) is 15.1. The molecule has 0 spiro atoms. The highest BCUT2D eigenvalue weighted by Crippen LogP contribution is 2.14. The molecule has 3 heteroatoms. The van der Waals surface area contributed by atoms with Crippen LogP contribution in [0.3, 0.4) is 0 Å². The summed E-state index contributed by atoms with van der Waals surface area (Å²) in [4.78, 5) is 12.4. The van der Waals surface area contributed by atoms with Gasteiger partial charge < -0.3 is 11.1 Å². The zero-order valence-corrected chi connectivity index (χ0v) is 12.0. The van der Waals surface area contributed by atoms with E-state index in [9.17, 15) is 4.79 Å². The number of hydrogen-bond acceptors (Lipinski definition) is 2. The average Bonchev–Trinajstić information content (AvgIpc) is 2.53. The summed E-state index contributed by atoms with van der Waals surface area (Å²) in [6.07, 6.45) is 0.825. The summed E-state index contributed by atoms with van der Waals surface area (Å²) < 4.78 is 0. The molecule has 0 unspecified atom stereocenters. The molecular formula is C18H18N2O. The van der Waals surface area contributed by atoms with Gasteiger partial charge in [-0.2, -0.15) is 0 Å². The molecule has 0 atom stereocenters. The van der Waals surface area contributed by atoms with Crippen LogP contribution in [0.25, 0.3) is 0 Å². The van der Waals surface area contributed by atoms with E-state index in [0.717, 1.165) is 23.2 Å². The van der Waals surface area contributed by atoms with E-state index < -0.39 is 0 Å². The first-order valence-corrected chi connectivity index (χ1v) is 6.93. The van der Waals surface area contributed by atoms with Crippen LogP contribution in [0.15, 0.2) is 48.5 Å². The van der Waals surface area contributed by atoms with Crippen LogP contribution in [0.4, 0.5) is 5.69 Å². The van der Waals surface area contributed by atoms with Gasteiger partial charge >= 0.3 is 0 Å². The zero-order valence-electron chi connectivity index (χ0n) is 12.0. The number of nitrogens with one attached hydrogen (secondary N) is 1. The summed E-state index contributed by atoms with van der Waals surface area (Å²) in [6, 6.07) is 15.1. The topological polar surface area (TPSA) is 55.1 Å². The van der Waals surface area contributed by atoms with Gasteiger partial charge in [0.05, 0.1) is 6.54 Å². The third-order valence-electron chi connectivity index (χ3n) is 3.10. The second-order valence-electron chi connectivity index (χ2n) is 4.55. The van der Waals surface area contributed by atoms with Crippen molar-refractivity contribution in [1.82, 2.24) is 0 Å². The Hall–Kier alpha value is -2.57. The molecule has 0 bridgehead atoms. The monoisotopic (exact) mass is 278 g/mol. The van der Waals surface area contributed by atoms with Crippen molar-refractivity contribution in [2.24, 2.45) is 5.73 Å². The van der Waals surface area contributed by atoms with Gasteiger partial charge in [-0.3, -0.25) is 4.79 Å². The lowest BCUT2D eigenvalue weighted by Crippen LogP contribution is -2.14. The van der Waals surface area contributed by atoms with Crippen LogP contribution in [-0.2, 0) is 6.42 Å². The van der Waals surface area contributed by atoms with Crippen molar-refractivity contribution >= 4 is 11.6 Å². The quantitative estimate of drug-likeness (QED) is 0.848. The Morgan fingerprint density at radius 2 is 2.00 bits per heavy atom. The number of rotatable bonds is 3. The molecule has 0 aromatic heterocycles. The molecule has 0 aliphatic carbocycles. The smallest absolute Gasteiger partial charge is 0.255 e. The van der Waals surface area contributed by atoms with Gasteiger partial charge in [0.2, 0.25) is 0 Å². The number of anilines is 1. The van der Waals surface area contributed by atoms with Crippen molar-refractivity contribution in [2.75, 3.05) is 11.9 Å². The Bertz CT molecular complexity index is 696. The Balaban J connectivity index is 2.20. The molecule has 3 nitrogen and oxygen atoms in total. The van der Waals surface area contributed by atoms with Gasteiger partial charge in [0, 0.05) is 16.8 Å². The number of nitrogens with two attached hydrogens (primary N) is 1. The largest absolute Gasteiger partial charge is 0.322 e. The Kier molecular flexibility index (Phi) is 5.14. The predicted octanol–water partition coefficient (Wildman–Crippen LogP) is 2.81. The number of benzene rings is 2. The normalized spacial score (nSPS) is 9.62. The predicted molar refractivity (Wildman–Crippen MR) is 86.1 cm³/mol. The molecule has 0 heterocycles. The molecule has 0 saturated carbocycles. The van der Waals surface area contributed by atoms with Crippen molar-refractivity contribution in [3.8, 4) is 11.8 Å². The van der Waals surface area contributed by atoms with Crippen molar-refractivity contribution in [1.29, 1.82) is 0 Å². The minimum Gasteiger partial charge on any atom is -0.322 e. The van der Waals surface area contributed by atoms with E-state index in [2.05, 4.69) is 17.2 Å². The van der Waals surface area contributed by atoms with E-state index in [1.165, 1.54) is 0 Å². The molecule has 2 aromatic carbocycles. The molecule has 0 saturated heterocycles. The van der Waals surface area contributed by atoms with E-state index >= 15 is 0 Å². The van der Waals surface area contributed by atoms with Crippen LogP contribution < -0.4 is 11.1 Å². The first kappa shape index (κ1) is 14.8. The number of hydrogen-bond donors (Lipinski definition) is 2. The van der Waals surface area contributed by atoms with Gasteiger partial charge in [0.25, 0.3) is 5.91 Å². The minimum atomic E-state index is -0.101. The molecule has 2 aromatic rings. The molecule has 0 aliphatic rings. The molecule has 0 fully saturated rings. The fourth-order valence-corrected chi connectivity index (χ4v) is 2.08.